The van der Waals surface area contributed by atoms with Gasteiger partial charge in [-0.3, -0.25) is 14.9 Å². The number of anilines is 1. The Bertz CT molecular complexity index is 1590. The van der Waals surface area contributed by atoms with Gasteiger partial charge in [0.1, 0.15) is 40.7 Å². The fraction of sp³-hybridized carbons (Fsp3) is 0.605. The summed E-state index contributed by atoms with van der Waals surface area (Å²) in [7, 11) is 6.05. The number of carbonyl (C=O) groups is 4. The molecule has 1 aromatic rings. The number of rotatable bonds is 8. The summed E-state index contributed by atoms with van der Waals surface area (Å²) in [6, 6.07) is 2.63. The number of carbonyl (C=O) groups excluding carboxylic acids is 4. The standard InChI is InChI=1S/C38H53ClN3O10.Sm/c1-21(2)14-15-31(43)41(7)24(5)35(45)51-30-19-32(44)42(8)26-17-25(18-27(48-9)33(26)39)16-22(3)12-11-13-29(49-10)38(47)20-28(50-36(46)40-38)23(4)34-37(30,6)52-34;/h11-13,17-18,23-24,28-30,34,47H,14-16,19-20H2,1-10H3,(H,40,46);/q-1;/b13-11+,22-12+;. The molecule has 1 aromatic carbocycles. The number of amides is 3. The third kappa shape index (κ3) is 10.5. The van der Waals surface area contributed by atoms with E-state index in [2.05, 4.69) is 5.32 Å². The van der Waals surface area contributed by atoms with E-state index in [1.54, 1.807) is 59.2 Å². The van der Waals surface area contributed by atoms with Crippen LogP contribution in [0.1, 0.15) is 72.8 Å². The summed E-state index contributed by atoms with van der Waals surface area (Å²) in [5, 5.41) is 14.5. The van der Waals surface area contributed by atoms with E-state index in [1.165, 1.54) is 24.0 Å². The number of hydrogen-bond donors (Lipinski definition) is 2. The van der Waals surface area contributed by atoms with Crippen molar-refractivity contribution in [1.29, 1.82) is 0 Å². The van der Waals surface area contributed by atoms with Crippen LogP contribution in [-0.2, 0) is 39.8 Å². The van der Waals surface area contributed by atoms with Gasteiger partial charge in [-0.15, -0.1) is 0 Å². The maximum absolute atomic E-state index is 14.1. The van der Waals surface area contributed by atoms with Crippen molar-refractivity contribution in [2.45, 2.75) is 115 Å². The first-order chi connectivity index (χ1) is 24.3. The average molecular weight is 898 g/mol. The molecule has 294 valence electrons. The van der Waals surface area contributed by atoms with Crippen LogP contribution in [0.5, 0.6) is 5.75 Å². The van der Waals surface area contributed by atoms with Crippen molar-refractivity contribution in [3.63, 3.8) is 0 Å². The van der Waals surface area contributed by atoms with Crippen molar-refractivity contribution in [2.24, 2.45) is 5.92 Å². The SMILES string of the molecule is COc1cc2cc(c1Cl)N(C)C(=O)CC(OC(=O)C(C)N(C)C(=O)CC[C-](C)C)C1(C)OC1C(C)C1CC(O)(NC(=O)O1)C(OC)/C=C/C=C(\C)C2.[Sm]. The van der Waals surface area contributed by atoms with Crippen molar-refractivity contribution in [3.05, 3.63) is 52.4 Å². The summed E-state index contributed by atoms with van der Waals surface area (Å²) < 4.78 is 29.2. The second-order valence-corrected chi connectivity index (χ2v) is 15.0. The molecule has 3 heterocycles. The molecule has 8 unspecified atom stereocenters. The van der Waals surface area contributed by atoms with Gasteiger partial charge in [0.15, 0.2) is 5.72 Å². The number of likely N-dealkylation sites (N-methyl/N-ethyl adjacent to an activating group) is 1. The molecular formula is C38H53ClN3O10Sm-. The molecule has 3 aliphatic rings. The second kappa shape index (κ2) is 18.5. The number of fused-ring (bicyclic) bond motifs is 5. The molecule has 4 bridgehead atoms. The molecule has 3 aliphatic heterocycles. The van der Waals surface area contributed by atoms with Gasteiger partial charge in [-0.1, -0.05) is 42.3 Å². The van der Waals surface area contributed by atoms with Crippen LogP contribution < -0.4 is 15.0 Å². The van der Waals surface area contributed by atoms with E-state index in [0.29, 0.717) is 24.3 Å². The Morgan fingerprint density at radius 2 is 1.92 bits per heavy atom. The number of alkyl carbamates (subject to hydrolysis) is 1. The van der Waals surface area contributed by atoms with Crippen molar-refractivity contribution in [1.82, 2.24) is 10.2 Å². The molecule has 2 saturated heterocycles. The number of allylic oxidation sites excluding steroid dienone is 3. The average Bonchev–Trinajstić information content (AvgIpc) is 3.79. The number of aliphatic hydroxyl groups is 1. The number of hydrogen-bond acceptors (Lipinski definition) is 10. The smallest absolute Gasteiger partial charge is 0.409 e. The molecule has 0 radical (unpaired) electrons. The van der Waals surface area contributed by atoms with E-state index < -0.39 is 65.7 Å². The Kier molecular flexibility index (Phi) is 15.8. The second-order valence-electron chi connectivity index (χ2n) is 14.6. The Morgan fingerprint density at radius 1 is 1.25 bits per heavy atom. The van der Waals surface area contributed by atoms with Crippen LogP contribution in [0, 0.1) is 52.2 Å². The van der Waals surface area contributed by atoms with Gasteiger partial charge >= 0.3 is 12.1 Å². The maximum atomic E-state index is 14.1. The monoisotopic (exact) mass is 898 g/mol. The van der Waals surface area contributed by atoms with Crippen LogP contribution in [0.4, 0.5) is 10.5 Å². The quantitative estimate of drug-likeness (QED) is 0.209. The first kappa shape index (κ1) is 45.1. The summed E-state index contributed by atoms with van der Waals surface area (Å²) >= 11 is 6.75. The fourth-order valence-electron chi connectivity index (χ4n) is 6.75. The van der Waals surface area contributed by atoms with Crippen LogP contribution in [0.2, 0.25) is 5.02 Å². The number of nitrogens with zero attached hydrogens (tertiary/aromatic N) is 2. The fourth-order valence-corrected chi connectivity index (χ4v) is 7.06. The summed E-state index contributed by atoms with van der Waals surface area (Å²) in [5.41, 5.74) is -0.885. The molecule has 8 atom stereocenters. The van der Waals surface area contributed by atoms with E-state index in [4.69, 9.17) is 35.3 Å². The molecule has 4 rings (SSSR count). The van der Waals surface area contributed by atoms with Crippen LogP contribution in [0.15, 0.2) is 35.9 Å². The summed E-state index contributed by atoms with van der Waals surface area (Å²) in [4.78, 5) is 56.3. The Labute approximate surface area is 350 Å². The summed E-state index contributed by atoms with van der Waals surface area (Å²) in [6.07, 6.45) is 1.83. The molecule has 13 nitrogen and oxygen atoms in total. The zero-order chi connectivity index (χ0) is 38.7. The predicted molar refractivity (Wildman–Crippen MR) is 195 cm³/mol. The van der Waals surface area contributed by atoms with Crippen LogP contribution in [0.3, 0.4) is 0 Å². The number of epoxide rings is 1. The minimum absolute atomic E-state index is 0. The number of halogens is 1. The number of nitrogens with one attached hydrogen (secondary N) is 1. The number of methoxy groups -OCH3 is 2. The molecule has 3 amide bonds. The topological polar surface area (TPSA) is 156 Å². The van der Waals surface area contributed by atoms with Gasteiger partial charge in [0, 0.05) is 73.9 Å². The molecule has 0 spiro atoms. The zero-order valence-electron chi connectivity index (χ0n) is 32.2. The first-order valence-corrected chi connectivity index (χ1v) is 17.9. The van der Waals surface area contributed by atoms with Gasteiger partial charge in [-0.25, -0.2) is 9.59 Å². The van der Waals surface area contributed by atoms with Crippen LogP contribution >= 0.6 is 11.6 Å². The summed E-state index contributed by atoms with van der Waals surface area (Å²) in [5.74, 6) is -0.413. The van der Waals surface area contributed by atoms with Crippen molar-refractivity contribution >= 4 is 41.2 Å². The Hall–Kier alpha value is -2.31. The minimum atomic E-state index is -1.82. The predicted octanol–water partition coefficient (Wildman–Crippen LogP) is 4.91. The van der Waals surface area contributed by atoms with E-state index in [-0.39, 0.29) is 70.6 Å². The molecule has 0 aliphatic carbocycles. The van der Waals surface area contributed by atoms with Gasteiger partial charge in [0.25, 0.3) is 0 Å². The van der Waals surface area contributed by atoms with Crippen molar-refractivity contribution in [2.75, 3.05) is 33.2 Å². The molecule has 15 heteroatoms. The molecule has 0 saturated carbocycles. The molecule has 53 heavy (non-hydrogen) atoms. The number of ether oxygens (including phenoxy) is 5. The number of esters is 1. The normalized spacial score (nSPS) is 31.1. The minimum Gasteiger partial charge on any atom is -0.495 e. The van der Waals surface area contributed by atoms with E-state index in [1.807, 2.05) is 26.8 Å². The Balaban J connectivity index is 0.00000756. The van der Waals surface area contributed by atoms with Gasteiger partial charge in [0.05, 0.1) is 25.3 Å². The van der Waals surface area contributed by atoms with Gasteiger partial charge in [0.2, 0.25) is 11.8 Å². The van der Waals surface area contributed by atoms with Crippen LogP contribution in [-0.4, -0.2) is 104 Å². The maximum Gasteiger partial charge on any atom is 0.409 e. The third-order valence-corrected chi connectivity index (χ3v) is 10.7. The van der Waals surface area contributed by atoms with Gasteiger partial charge in [-0.2, -0.15) is 20.3 Å². The van der Waals surface area contributed by atoms with Gasteiger partial charge in [-0.05, 0) is 51.3 Å². The molecule has 0 aromatic heterocycles. The van der Waals surface area contributed by atoms with E-state index in [0.717, 1.165) is 17.1 Å². The van der Waals surface area contributed by atoms with Crippen LogP contribution in [0.25, 0.3) is 0 Å². The van der Waals surface area contributed by atoms with Gasteiger partial charge < -0.3 is 44.5 Å². The van der Waals surface area contributed by atoms with Crippen molar-refractivity contribution < 1.29 is 88.4 Å². The molecular weight excluding hydrogens is 844 g/mol. The number of benzene rings is 1. The zero-order valence-corrected chi connectivity index (χ0v) is 35.6. The first-order valence-electron chi connectivity index (χ1n) is 17.5. The summed E-state index contributed by atoms with van der Waals surface area (Å²) in [6.45, 7) is 10.9. The van der Waals surface area contributed by atoms with E-state index >= 15 is 0 Å². The molecule has 2 N–H and O–H groups in total. The largest absolute Gasteiger partial charge is 0.495 e. The molecule has 2 fully saturated rings. The van der Waals surface area contributed by atoms with E-state index in [9.17, 15) is 24.3 Å². The Morgan fingerprint density at radius 3 is 2.55 bits per heavy atom. The van der Waals surface area contributed by atoms with Crippen molar-refractivity contribution in [3.8, 4) is 5.75 Å². The third-order valence-electron chi connectivity index (χ3n) is 10.4.